The number of rotatable bonds is 6. The maximum absolute atomic E-state index is 11.5. The Bertz CT molecular complexity index is 1070. The molecule has 1 N–H and O–H groups in total. The number of morpholine rings is 1. The molecule has 0 radical (unpaired) electrons. The third-order valence-corrected chi connectivity index (χ3v) is 6.48. The molecule has 0 bridgehead atoms. The Hall–Kier alpha value is -2.84. The number of nitrogens with one attached hydrogen (secondary N) is 1. The monoisotopic (exact) mass is 423 g/mol. The van der Waals surface area contributed by atoms with Crippen molar-refractivity contribution in [1.82, 2.24) is 14.9 Å². The third kappa shape index (κ3) is 4.20. The van der Waals surface area contributed by atoms with E-state index in [0.29, 0.717) is 25.6 Å². The molecule has 0 atom stereocenters. The van der Waals surface area contributed by atoms with Gasteiger partial charge in [-0.15, -0.1) is 11.3 Å². The summed E-state index contributed by atoms with van der Waals surface area (Å²) in [5.41, 5.74) is 2.56. The van der Waals surface area contributed by atoms with E-state index in [-0.39, 0.29) is 5.91 Å². The van der Waals surface area contributed by atoms with Gasteiger partial charge < -0.3 is 19.9 Å². The summed E-state index contributed by atoms with van der Waals surface area (Å²) in [4.78, 5) is 26.5. The van der Waals surface area contributed by atoms with Gasteiger partial charge in [0.25, 0.3) is 0 Å². The zero-order valence-electron chi connectivity index (χ0n) is 17.2. The summed E-state index contributed by atoms with van der Waals surface area (Å²) in [5.74, 6) is 1.62. The van der Waals surface area contributed by atoms with Crippen LogP contribution in [0.3, 0.4) is 0 Å². The lowest BCUT2D eigenvalue weighted by Crippen LogP contribution is -2.36. The molecule has 0 aliphatic carbocycles. The number of hydrogen-bond acceptors (Lipinski definition) is 7. The maximum Gasteiger partial charge on any atom is 0.219 e. The second-order valence-electron chi connectivity index (χ2n) is 7.32. The van der Waals surface area contributed by atoms with Crippen LogP contribution in [0.2, 0.25) is 0 Å². The highest BCUT2D eigenvalue weighted by Gasteiger charge is 2.21. The van der Waals surface area contributed by atoms with Gasteiger partial charge in [0.1, 0.15) is 0 Å². The van der Waals surface area contributed by atoms with Crippen LogP contribution in [0, 0.1) is 5.41 Å². The molecule has 1 aliphatic heterocycles. The van der Waals surface area contributed by atoms with Gasteiger partial charge in [0.15, 0.2) is 11.6 Å². The van der Waals surface area contributed by atoms with E-state index in [0.717, 1.165) is 46.7 Å². The lowest BCUT2D eigenvalue weighted by molar-refractivity contribution is -0.127. The van der Waals surface area contributed by atoms with E-state index < -0.39 is 0 Å². The summed E-state index contributed by atoms with van der Waals surface area (Å²) in [6.45, 7) is 5.20. The van der Waals surface area contributed by atoms with Gasteiger partial charge in [0.2, 0.25) is 5.91 Å². The Morgan fingerprint density at radius 3 is 2.80 bits per heavy atom. The smallest absolute Gasteiger partial charge is 0.219 e. The normalized spacial score (nSPS) is 14.1. The molecule has 0 unspecified atom stereocenters. The van der Waals surface area contributed by atoms with Crippen molar-refractivity contribution < 1.29 is 9.53 Å². The number of hydrogen-bond donors (Lipinski definition) is 1. The second kappa shape index (κ2) is 8.89. The molecule has 0 saturated carbocycles. The highest BCUT2D eigenvalue weighted by Crippen LogP contribution is 2.35. The lowest BCUT2D eigenvalue weighted by atomic mass is 10.1. The van der Waals surface area contributed by atoms with E-state index in [1.165, 1.54) is 11.1 Å². The number of ether oxygens (including phenoxy) is 1. The molecule has 3 aromatic rings. The first-order valence-electron chi connectivity index (χ1n) is 10.0. The molecule has 1 amide bonds. The van der Waals surface area contributed by atoms with Crippen LogP contribution in [0.15, 0.2) is 30.3 Å². The van der Waals surface area contributed by atoms with E-state index in [1.54, 1.807) is 23.2 Å². The quantitative estimate of drug-likeness (QED) is 0.616. The van der Waals surface area contributed by atoms with Crippen molar-refractivity contribution in [3.63, 3.8) is 0 Å². The summed E-state index contributed by atoms with van der Waals surface area (Å²) in [6.07, 6.45) is 2.13. The van der Waals surface area contributed by atoms with Crippen LogP contribution in [-0.2, 0) is 16.0 Å². The standard InChI is InChI=1S/C22H25N5O2S/c1-15(28)26(2)8-7-17-13-19-20(30-17)22(27-9-11-29-12-10-27)25-21(24-19)18-6-4-3-5-16(18)14-23/h3-6,13-14,23H,7-12H2,1-2H3. The van der Waals surface area contributed by atoms with Crippen molar-refractivity contribution in [3.8, 4) is 11.4 Å². The first-order chi connectivity index (χ1) is 14.6. The number of amides is 1. The van der Waals surface area contributed by atoms with Crippen LogP contribution in [0.25, 0.3) is 21.6 Å². The molecule has 3 heterocycles. The van der Waals surface area contributed by atoms with Crippen molar-refractivity contribution in [1.29, 1.82) is 5.41 Å². The van der Waals surface area contributed by atoms with Gasteiger partial charge in [-0.05, 0) is 12.5 Å². The van der Waals surface area contributed by atoms with E-state index in [1.807, 2.05) is 31.3 Å². The largest absolute Gasteiger partial charge is 0.378 e. The zero-order chi connectivity index (χ0) is 21.1. The Morgan fingerprint density at radius 1 is 1.30 bits per heavy atom. The molecular formula is C22H25N5O2S. The van der Waals surface area contributed by atoms with Crippen LogP contribution in [-0.4, -0.2) is 66.9 Å². The Morgan fingerprint density at radius 2 is 2.07 bits per heavy atom. The number of thiophene rings is 1. The highest BCUT2D eigenvalue weighted by molar-refractivity contribution is 7.19. The van der Waals surface area contributed by atoms with Gasteiger partial charge in [-0.1, -0.05) is 24.3 Å². The second-order valence-corrected chi connectivity index (χ2v) is 8.46. The summed E-state index contributed by atoms with van der Waals surface area (Å²) >= 11 is 1.69. The van der Waals surface area contributed by atoms with Gasteiger partial charge >= 0.3 is 0 Å². The van der Waals surface area contributed by atoms with Crippen molar-refractivity contribution in [2.24, 2.45) is 0 Å². The molecule has 4 rings (SSSR count). The topological polar surface area (TPSA) is 82.4 Å². The van der Waals surface area contributed by atoms with E-state index >= 15 is 0 Å². The van der Waals surface area contributed by atoms with Gasteiger partial charge in [0, 0.05) is 55.8 Å². The predicted molar refractivity (Wildman–Crippen MR) is 121 cm³/mol. The molecular weight excluding hydrogens is 398 g/mol. The Balaban J connectivity index is 1.78. The molecule has 7 nitrogen and oxygen atoms in total. The number of aromatic nitrogens is 2. The van der Waals surface area contributed by atoms with Gasteiger partial charge in [-0.25, -0.2) is 9.97 Å². The van der Waals surface area contributed by atoms with Crippen molar-refractivity contribution in [2.45, 2.75) is 13.3 Å². The average Bonchev–Trinajstić information content (AvgIpc) is 3.20. The van der Waals surface area contributed by atoms with Gasteiger partial charge in [0.05, 0.1) is 23.4 Å². The summed E-state index contributed by atoms with van der Waals surface area (Å²) in [7, 11) is 1.82. The zero-order valence-corrected chi connectivity index (χ0v) is 18.0. The number of carbonyl (C=O) groups excluding carboxylic acids is 1. The fraction of sp³-hybridized carbons (Fsp3) is 0.364. The van der Waals surface area contributed by atoms with Crippen LogP contribution < -0.4 is 4.90 Å². The number of carbonyl (C=O) groups is 1. The molecule has 1 saturated heterocycles. The van der Waals surface area contributed by atoms with Crippen LogP contribution in [0.1, 0.15) is 17.4 Å². The highest BCUT2D eigenvalue weighted by atomic mass is 32.1. The van der Waals surface area contributed by atoms with Gasteiger partial charge in [-0.3, -0.25) is 4.79 Å². The fourth-order valence-corrected chi connectivity index (χ4v) is 4.56. The lowest BCUT2D eigenvalue weighted by Gasteiger charge is -2.28. The third-order valence-electron chi connectivity index (χ3n) is 5.30. The van der Waals surface area contributed by atoms with Crippen molar-refractivity contribution in [2.75, 3.05) is 44.8 Å². The summed E-state index contributed by atoms with van der Waals surface area (Å²) in [5, 5.41) is 7.74. The first-order valence-corrected chi connectivity index (χ1v) is 10.8. The molecule has 1 fully saturated rings. The molecule has 8 heteroatoms. The Kier molecular flexibility index (Phi) is 6.06. The number of nitrogens with zero attached hydrogens (tertiary/aromatic N) is 4. The number of anilines is 1. The minimum absolute atomic E-state index is 0.0652. The molecule has 2 aromatic heterocycles. The first kappa shape index (κ1) is 20.4. The SMILES string of the molecule is CC(=O)N(C)CCc1cc2nc(-c3ccccc3C=N)nc(N3CCOCC3)c2s1. The molecule has 30 heavy (non-hydrogen) atoms. The predicted octanol–water partition coefficient (Wildman–Crippen LogP) is 3.21. The average molecular weight is 424 g/mol. The molecule has 1 aromatic carbocycles. The van der Waals surface area contributed by atoms with E-state index in [2.05, 4.69) is 11.0 Å². The van der Waals surface area contributed by atoms with Gasteiger partial charge in [-0.2, -0.15) is 0 Å². The minimum atomic E-state index is 0.0652. The minimum Gasteiger partial charge on any atom is -0.378 e. The molecule has 0 spiro atoms. The molecule has 156 valence electrons. The Labute approximate surface area is 179 Å². The van der Waals surface area contributed by atoms with E-state index in [9.17, 15) is 4.79 Å². The van der Waals surface area contributed by atoms with Crippen LogP contribution >= 0.6 is 11.3 Å². The van der Waals surface area contributed by atoms with Crippen molar-refractivity contribution in [3.05, 3.63) is 40.8 Å². The molecule has 1 aliphatic rings. The van der Waals surface area contributed by atoms with Crippen LogP contribution in [0.4, 0.5) is 5.82 Å². The maximum atomic E-state index is 11.5. The fourth-order valence-electron chi connectivity index (χ4n) is 3.46. The summed E-state index contributed by atoms with van der Waals surface area (Å²) in [6, 6.07) is 9.83. The number of fused-ring (bicyclic) bond motifs is 1. The van der Waals surface area contributed by atoms with Crippen molar-refractivity contribution >= 4 is 39.5 Å². The number of likely N-dealkylation sites (N-methyl/N-ethyl adjacent to an activating group) is 1. The number of benzene rings is 1. The van der Waals surface area contributed by atoms with E-state index in [4.69, 9.17) is 20.1 Å². The van der Waals surface area contributed by atoms with Crippen LogP contribution in [0.5, 0.6) is 0 Å². The summed E-state index contributed by atoms with van der Waals surface area (Å²) < 4.78 is 6.59.